The van der Waals surface area contributed by atoms with E-state index in [1.165, 1.54) is 16.5 Å². The van der Waals surface area contributed by atoms with Gasteiger partial charge in [-0.1, -0.05) is 18.2 Å². The molecule has 1 aliphatic heterocycles. The Balaban J connectivity index is 1.28. The topological polar surface area (TPSA) is 56.9 Å². The number of piperidine rings is 1. The molecule has 0 spiro atoms. The summed E-state index contributed by atoms with van der Waals surface area (Å²) >= 11 is 0. The number of aromatic nitrogens is 3. The SMILES string of the molecule is CN1CCC(Oc2ccc(-c3cnc4[nH]cc(-c5ccc6[nH]ccc6c5)c4c3)cc2)CC1. The first-order valence-electron chi connectivity index (χ1n) is 11.2. The Bertz CT molecular complexity index is 1370. The van der Waals surface area contributed by atoms with E-state index in [0.717, 1.165) is 59.4 Å². The Kier molecular flexibility index (Phi) is 4.69. The maximum Gasteiger partial charge on any atom is 0.137 e. The first-order chi connectivity index (χ1) is 15.7. The highest BCUT2D eigenvalue weighted by Crippen LogP contribution is 2.33. The van der Waals surface area contributed by atoms with E-state index in [4.69, 9.17) is 4.74 Å². The number of aromatic amines is 2. The molecule has 2 aromatic carbocycles. The maximum absolute atomic E-state index is 6.21. The van der Waals surface area contributed by atoms with Crippen LogP contribution in [-0.2, 0) is 0 Å². The van der Waals surface area contributed by atoms with Gasteiger partial charge in [0.2, 0.25) is 0 Å². The number of hydrogen-bond acceptors (Lipinski definition) is 3. The largest absolute Gasteiger partial charge is 0.490 e. The molecule has 0 saturated carbocycles. The zero-order valence-electron chi connectivity index (χ0n) is 18.1. The van der Waals surface area contributed by atoms with Gasteiger partial charge in [0.15, 0.2) is 0 Å². The lowest BCUT2D eigenvalue weighted by Crippen LogP contribution is -2.35. The Morgan fingerprint density at radius 3 is 2.56 bits per heavy atom. The quantitative estimate of drug-likeness (QED) is 0.382. The summed E-state index contributed by atoms with van der Waals surface area (Å²) in [6.07, 6.45) is 8.45. The number of ether oxygens (including phenoxy) is 1. The van der Waals surface area contributed by atoms with Crippen LogP contribution in [0.4, 0.5) is 0 Å². The van der Waals surface area contributed by atoms with E-state index < -0.39 is 0 Å². The summed E-state index contributed by atoms with van der Waals surface area (Å²) in [5.41, 5.74) is 6.65. The minimum Gasteiger partial charge on any atom is -0.490 e. The molecule has 5 aromatic rings. The molecular weight excluding hydrogens is 396 g/mol. The molecule has 1 aliphatic rings. The Morgan fingerprint density at radius 1 is 0.906 bits per heavy atom. The van der Waals surface area contributed by atoms with E-state index in [9.17, 15) is 0 Å². The van der Waals surface area contributed by atoms with Gasteiger partial charge in [-0.3, -0.25) is 0 Å². The first kappa shape index (κ1) is 19.1. The van der Waals surface area contributed by atoms with E-state index in [-0.39, 0.29) is 0 Å². The lowest BCUT2D eigenvalue weighted by Gasteiger charge is -2.29. The molecule has 3 aromatic heterocycles. The molecule has 0 aliphatic carbocycles. The van der Waals surface area contributed by atoms with Crippen LogP contribution < -0.4 is 4.74 Å². The summed E-state index contributed by atoms with van der Waals surface area (Å²) in [4.78, 5) is 13.6. The van der Waals surface area contributed by atoms with Crippen LogP contribution in [0.25, 0.3) is 44.2 Å². The zero-order valence-corrected chi connectivity index (χ0v) is 18.1. The molecule has 2 N–H and O–H groups in total. The van der Waals surface area contributed by atoms with Crippen molar-refractivity contribution < 1.29 is 4.74 Å². The van der Waals surface area contributed by atoms with E-state index >= 15 is 0 Å². The smallest absolute Gasteiger partial charge is 0.137 e. The van der Waals surface area contributed by atoms with Crippen LogP contribution in [0, 0.1) is 0 Å². The van der Waals surface area contributed by atoms with E-state index in [0.29, 0.717) is 6.10 Å². The van der Waals surface area contributed by atoms with Crippen molar-refractivity contribution in [2.75, 3.05) is 20.1 Å². The highest BCUT2D eigenvalue weighted by Gasteiger charge is 2.18. The van der Waals surface area contributed by atoms with E-state index in [2.05, 4.69) is 81.5 Å². The van der Waals surface area contributed by atoms with Crippen molar-refractivity contribution in [2.45, 2.75) is 18.9 Å². The molecule has 5 heteroatoms. The molecule has 1 saturated heterocycles. The van der Waals surface area contributed by atoms with E-state index in [1.807, 2.05) is 18.6 Å². The molecule has 32 heavy (non-hydrogen) atoms. The fourth-order valence-corrected chi connectivity index (χ4v) is 4.64. The zero-order chi connectivity index (χ0) is 21.5. The second-order valence-corrected chi connectivity index (χ2v) is 8.75. The van der Waals surface area contributed by atoms with Gasteiger partial charge in [0.1, 0.15) is 17.5 Å². The van der Waals surface area contributed by atoms with Crippen molar-refractivity contribution in [3.05, 3.63) is 73.2 Å². The highest BCUT2D eigenvalue weighted by atomic mass is 16.5. The van der Waals surface area contributed by atoms with Crippen LogP contribution in [-0.4, -0.2) is 46.1 Å². The number of likely N-dealkylation sites (tertiary alicyclic amines) is 1. The number of nitrogens with zero attached hydrogens (tertiary/aromatic N) is 2. The summed E-state index contributed by atoms with van der Waals surface area (Å²) in [6.45, 7) is 2.20. The summed E-state index contributed by atoms with van der Waals surface area (Å²) < 4.78 is 6.21. The number of fused-ring (bicyclic) bond motifs is 2. The number of pyridine rings is 1. The first-order valence-corrected chi connectivity index (χ1v) is 11.2. The van der Waals surface area contributed by atoms with Crippen molar-refractivity contribution in [3.8, 4) is 28.0 Å². The summed E-state index contributed by atoms with van der Waals surface area (Å²) in [5.74, 6) is 0.944. The van der Waals surface area contributed by atoms with Gasteiger partial charge in [-0.2, -0.15) is 0 Å². The number of rotatable bonds is 4. The molecule has 5 nitrogen and oxygen atoms in total. The molecular formula is C27H26N4O. The average molecular weight is 423 g/mol. The third kappa shape index (κ3) is 3.55. The molecule has 0 atom stereocenters. The molecule has 6 rings (SSSR count). The van der Waals surface area contributed by atoms with Crippen LogP contribution in [0.3, 0.4) is 0 Å². The van der Waals surface area contributed by atoms with Crippen LogP contribution in [0.1, 0.15) is 12.8 Å². The molecule has 0 unspecified atom stereocenters. The predicted molar refractivity (Wildman–Crippen MR) is 130 cm³/mol. The minimum absolute atomic E-state index is 0.315. The number of nitrogens with one attached hydrogen (secondary N) is 2. The van der Waals surface area contributed by atoms with Gasteiger partial charge in [0, 0.05) is 53.7 Å². The third-order valence-corrected chi connectivity index (χ3v) is 6.55. The molecule has 0 amide bonds. The van der Waals surface area contributed by atoms with Gasteiger partial charge in [-0.25, -0.2) is 4.98 Å². The monoisotopic (exact) mass is 422 g/mol. The van der Waals surface area contributed by atoms with Gasteiger partial charge in [0.05, 0.1) is 0 Å². The second-order valence-electron chi connectivity index (χ2n) is 8.75. The van der Waals surface area contributed by atoms with Gasteiger partial charge < -0.3 is 19.6 Å². The molecule has 1 fully saturated rings. The van der Waals surface area contributed by atoms with Crippen molar-refractivity contribution in [3.63, 3.8) is 0 Å². The van der Waals surface area contributed by atoms with Crippen LogP contribution in [0.2, 0.25) is 0 Å². The third-order valence-electron chi connectivity index (χ3n) is 6.55. The average Bonchev–Trinajstić information content (AvgIpc) is 3.47. The van der Waals surface area contributed by atoms with Crippen molar-refractivity contribution in [1.82, 2.24) is 19.9 Å². The molecule has 0 radical (unpaired) electrons. The van der Waals surface area contributed by atoms with Crippen LogP contribution in [0.15, 0.2) is 73.2 Å². The Hall–Kier alpha value is -3.57. The molecule has 0 bridgehead atoms. The predicted octanol–water partition coefficient (Wildman–Crippen LogP) is 5.85. The van der Waals surface area contributed by atoms with Crippen molar-refractivity contribution >= 4 is 21.9 Å². The Labute approximate surface area is 187 Å². The van der Waals surface area contributed by atoms with Crippen molar-refractivity contribution in [2.24, 2.45) is 0 Å². The fourth-order valence-electron chi connectivity index (χ4n) is 4.64. The van der Waals surface area contributed by atoms with E-state index in [1.54, 1.807) is 0 Å². The Morgan fingerprint density at radius 2 is 1.72 bits per heavy atom. The summed E-state index contributed by atoms with van der Waals surface area (Å²) in [5, 5.41) is 2.34. The normalized spacial score (nSPS) is 15.5. The van der Waals surface area contributed by atoms with Gasteiger partial charge in [-0.15, -0.1) is 0 Å². The number of benzene rings is 2. The lowest BCUT2D eigenvalue weighted by atomic mass is 10.0. The molecule has 160 valence electrons. The standard InChI is InChI=1S/C27H26N4O/c1-31-12-9-23(10-13-31)32-22-5-2-18(3-6-22)21-15-24-25(17-30-27(24)29-16-21)19-4-7-26-20(14-19)8-11-28-26/h2-8,11,14-17,23,28H,9-10,12-13H2,1H3,(H,29,30). The van der Waals surface area contributed by atoms with Crippen molar-refractivity contribution in [1.29, 1.82) is 0 Å². The number of hydrogen-bond donors (Lipinski definition) is 2. The maximum atomic E-state index is 6.21. The summed E-state index contributed by atoms with van der Waals surface area (Å²) in [7, 11) is 2.17. The highest BCUT2D eigenvalue weighted by molar-refractivity contribution is 5.98. The fraction of sp³-hybridized carbons (Fsp3) is 0.222. The van der Waals surface area contributed by atoms with Crippen LogP contribution in [0.5, 0.6) is 5.75 Å². The summed E-state index contributed by atoms with van der Waals surface area (Å²) in [6, 6.07) is 19.3. The van der Waals surface area contributed by atoms with Crippen LogP contribution >= 0.6 is 0 Å². The second kappa shape index (κ2) is 7.84. The van der Waals surface area contributed by atoms with Gasteiger partial charge >= 0.3 is 0 Å². The lowest BCUT2D eigenvalue weighted by molar-refractivity contribution is 0.114. The minimum atomic E-state index is 0.315. The number of H-pyrrole nitrogens is 2. The van der Waals surface area contributed by atoms with Gasteiger partial charge in [-0.05, 0) is 72.8 Å². The molecule has 4 heterocycles. The van der Waals surface area contributed by atoms with Gasteiger partial charge in [0.25, 0.3) is 0 Å².